The van der Waals surface area contributed by atoms with E-state index in [9.17, 15) is 4.79 Å². The highest BCUT2D eigenvalue weighted by molar-refractivity contribution is 5.80. The summed E-state index contributed by atoms with van der Waals surface area (Å²) in [5, 5.41) is 3.13. The van der Waals surface area contributed by atoms with Crippen molar-refractivity contribution in [2.24, 2.45) is 11.7 Å². The van der Waals surface area contributed by atoms with Crippen molar-refractivity contribution < 1.29 is 4.79 Å². The molecule has 1 amide bonds. The van der Waals surface area contributed by atoms with Crippen LogP contribution in [0.15, 0.2) is 30.3 Å². The molecule has 2 atom stereocenters. The van der Waals surface area contributed by atoms with Crippen LogP contribution in [-0.2, 0) is 11.3 Å². The molecular formula is C21H34N4O. The zero-order valence-corrected chi connectivity index (χ0v) is 16.1. The minimum atomic E-state index is -0.342. The first-order valence-electron chi connectivity index (χ1n) is 10.1. The molecule has 1 heterocycles. The Hall–Kier alpha value is -1.43. The number of amides is 1. The number of carbonyl (C=O) groups is 1. The molecule has 5 nitrogen and oxygen atoms in total. The fourth-order valence-electron chi connectivity index (χ4n) is 4.26. The van der Waals surface area contributed by atoms with E-state index in [2.05, 4.69) is 45.4 Å². The molecule has 0 aromatic heterocycles. The zero-order chi connectivity index (χ0) is 18.4. The van der Waals surface area contributed by atoms with Crippen molar-refractivity contribution in [3.05, 3.63) is 35.9 Å². The van der Waals surface area contributed by atoms with Gasteiger partial charge < -0.3 is 11.1 Å². The first-order valence-corrected chi connectivity index (χ1v) is 10.1. The van der Waals surface area contributed by atoms with Crippen LogP contribution in [0.25, 0.3) is 0 Å². The average molecular weight is 359 g/mol. The molecule has 26 heavy (non-hydrogen) atoms. The fraction of sp³-hybridized carbons (Fsp3) is 0.667. The van der Waals surface area contributed by atoms with Crippen LogP contribution in [0.4, 0.5) is 0 Å². The predicted octanol–water partition coefficient (Wildman–Crippen LogP) is 1.83. The second kappa shape index (κ2) is 8.98. The number of benzene rings is 1. The maximum Gasteiger partial charge on any atom is 0.225 e. The zero-order valence-electron chi connectivity index (χ0n) is 16.1. The summed E-state index contributed by atoms with van der Waals surface area (Å²) >= 11 is 0. The van der Waals surface area contributed by atoms with Gasteiger partial charge in [-0.2, -0.15) is 0 Å². The average Bonchev–Trinajstić information content (AvgIpc) is 2.63. The summed E-state index contributed by atoms with van der Waals surface area (Å²) in [6.45, 7) is 9.04. The van der Waals surface area contributed by atoms with Gasteiger partial charge in [-0.3, -0.25) is 14.6 Å². The molecule has 0 spiro atoms. The molecule has 1 aromatic rings. The highest BCUT2D eigenvalue weighted by Crippen LogP contribution is 2.31. The lowest BCUT2D eigenvalue weighted by molar-refractivity contribution is -0.128. The van der Waals surface area contributed by atoms with E-state index in [-0.39, 0.29) is 17.4 Å². The Labute approximate surface area is 157 Å². The van der Waals surface area contributed by atoms with Gasteiger partial charge in [0.2, 0.25) is 5.91 Å². The van der Waals surface area contributed by atoms with Crippen molar-refractivity contribution in [3.8, 4) is 0 Å². The van der Waals surface area contributed by atoms with E-state index >= 15 is 0 Å². The van der Waals surface area contributed by atoms with Crippen LogP contribution in [-0.4, -0.2) is 60.5 Å². The molecule has 2 fully saturated rings. The quantitative estimate of drug-likeness (QED) is 0.814. The number of nitrogens with two attached hydrogens (primary N) is 1. The summed E-state index contributed by atoms with van der Waals surface area (Å²) in [6, 6.07) is 10.7. The van der Waals surface area contributed by atoms with Gasteiger partial charge in [0.25, 0.3) is 0 Å². The van der Waals surface area contributed by atoms with Crippen LogP contribution >= 0.6 is 0 Å². The smallest absolute Gasteiger partial charge is 0.225 e. The van der Waals surface area contributed by atoms with E-state index in [1.54, 1.807) is 0 Å². The predicted molar refractivity (Wildman–Crippen MR) is 106 cm³/mol. The Balaban J connectivity index is 1.34. The first-order chi connectivity index (χ1) is 12.5. The summed E-state index contributed by atoms with van der Waals surface area (Å²) in [4.78, 5) is 17.4. The van der Waals surface area contributed by atoms with Crippen LogP contribution in [0.3, 0.4) is 0 Å². The topological polar surface area (TPSA) is 61.6 Å². The molecule has 0 radical (unpaired) electrons. The van der Waals surface area contributed by atoms with E-state index in [0.717, 1.165) is 71.5 Å². The van der Waals surface area contributed by atoms with E-state index in [1.807, 2.05) is 6.92 Å². The Morgan fingerprint density at radius 3 is 2.54 bits per heavy atom. The van der Waals surface area contributed by atoms with Crippen molar-refractivity contribution >= 4 is 5.91 Å². The number of piperazine rings is 1. The third kappa shape index (κ3) is 5.29. The SMILES string of the molecule is CC1(N)CCCCC1C(=O)NCCN1CCN(Cc2ccccc2)CC1. The molecule has 1 saturated carbocycles. The number of nitrogens with zero attached hydrogens (tertiary/aromatic N) is 2. The monoisotopic (exact) mass is 358 g/mol. The van der Waals surface area contributed by atoms with Crippen LogP contribution in [0.5, 0.6) is 0 Å². The van der Waals surface area contributed by atoms with Gasteiger partial charge >= 0.3 is 0 Å². The van der Waals surface area contributed by atoms with E-state index in [0.29, 0.717) is 0 Å². The number of nitrogens with one attached hydrogen (secondary N) is 1. The van der Waals surface area contributed by atoms with Crippen molar-refractivity contribution in [2.75, 3.05) is 39.3 Å². The Morgan fingerprint density at radius 2 is 1.85 bits per heavy atom. The van der Waals surface area contributed by atoms with Gasteiger partial charge in [0.05, 0.1) is 5.92 Å². The van der Waals surface area contributed by atoms with Gasteiger partial charge in [-0.1, -0.05) is 43.2 Å². The summed E-state index contributed by atoms with van der Waals surface area (Å²) < 4.78 is 0. The molecule has 1 aliphatic heterocycles. The van der Waals surface area contributed by atoms with E-state index in [1.165, 1.54) is 5.56 Å². The third-order valence-electron chi connectivity index (χ3n) is 6.01. The molecule has 1 aliphatic carbocycles. The van der Waals surface area contributed by atoms with E-state index in [4.69, 9.17) is 5.73 Å². The first kappa shape index (κ1) is 19.3. The minimum Gasteiger partial charge on any atom is -0.355 e. The van der Waals surface area contributed by atoms with E-state index < -0.39 is 0 Å². The molecule has 1 aromatic carbocycles. The highest BCUT2D eigenvalue weighted by Gasteiger charge is 2.37. The fourth-order valence-corrected chi connectivity index (χ4v) is 4.26. The summed E-state index contributed by atoms with van der Waals surface area (Å²) in [5.41, 5.74) is 7.38. The maximum absolute atomic E-state index is 12.5. The van der Waals surface area contributed by atoms with Crippen molar-refractivity contribution in [1.29, 1.82) is 0 Å². The normalized spacial score (nSPS) is 28.0. The molecule has 3 rings (SSSR count). The Bertz CT molecular complexity index is 567. The lowest BCUT2D eigenvalue weighted by Crippen LogP contribution is -2.54. The van der Waals surface area contributed by atoms with Crippen molar-refractivity contribution in [3.63, 3.8) is 0 Å². The highest BCUT2D eigenvalue weighted by atomic mass is 16.1. The van der Waals surface area contributed by atoms with Crippen molar-refractivity contribution in [1.82, 2.24) is 15.1 Å². The van der Waals surface area contributed by atoms with Gasteiger partial charge in [-0.25, -0.2) is 0 Å². The van der Waals surface area contributed by atoms with Gasteiger partial charge in [0.1, 0.15) is 0 Å². The molecule has 2 unspecified atom stereocenters. The molecule has 3 N–H and O–H groups in total. The maximum atomic E-state index is 12.5. The van der Waals surface area contributed by atoms with Gasteiger partial charge in [0, 0.05) is 51.4 Å². The van der Waals surface area contributed by atoms with Crippen LogP contribution in [0, 0.1) is 5.92 Å². The lowest BCUT2D eigenvalue weighted by atomic mass is 9.74. The summed E-state index contributed by atoms with van der Waals surface area (Å²) in [7, 11) is 0. The second-order valence-corrected chi connectivity index (χ2v) is 8.20. The van der Waals surface area contributed by atoms with Gasteiger partial charge in [-0.05, 0) is 25.3 Å². The second-order valence-electron chi connectivity index (χ2n) is 8.20. The Kier molecular flexibility index (Phi) is 6.68. The largest absolute Gasteiger partial charge is 0.355 e. The molecule has 1 saturated heterocycles. The molecule has 144 valence electrons. The number of carbonyl (C=O) groups excluding carboxylic acids is 1. The summed E-state index contributed by atoms with van der Waals surface area (Å²) in [6.07, 6.45) is 4.14. The third-order valence-corrected chi connectivity index (χ3v) is 6.01. The van der Waals surface area contributed by atoms with Crippen LogP contribution in [0.1, 0.15) is 38.2 Å². The molecular weight excluding hydrogens is 324 g/mol. The number of rotatable bonds is 6. The van der Waals surface area contributed by atoms with Gasteiger partial charge in [0.15, 0.2) is 0 Å². The standard InChI is InChI=1S/C21H34N4O/c1-21(22)10-6-5-9-19(21)20(26)23-11-12-24-13-15-25(16-14-24)17-18-7-3-2-4-8-18/h2-4,7-8,19H,5-6,9-17,22H2,1H3,(H,23,26). The van der Waals surface area contributed by atoms with Gasteiger partial charge in [-0.15, -0.1) is 0 Å². The minimum absolute atomic E-state index is 0.0287. The molecule has 0 bridgehead atoms. The lowest BCUT2D eigenvalue weighted by Gasteiger charge is -2.37. The van der Waals surface area contributed by atoms with Crippen LogP contribution in [0.2, 0.25) is 0 Å². The number of hydrogen-bond acceptors (Lipinski definition) is 4. The number of hydrogen-bond donors (Lipinski definition) is 2. The summed E-state index contributed by atoms with van der Waals surface area (Å²) in [5.74, 6) is 0.122. The Morgan fingerprint density at radius 1 is 1.15 bits per heavy atom. The van der Waals surface area contributed by atoms with Crippen LogP contribution < -0.4 is 11.1 Å². The van der Waals surface area contributed by atoms with Crippen molar-refractivity contribution in [2.45, 2.75) is 44.7 Å². The molecule has 5 heteroatoms. The molecule has 2 aliphatic rings.